The molecule has 98 valence electrons. The molecule has 0 spiro atoms. The van der Waals surface area contributed by atoms with Crippen molar-refractivity contribution in [3.05, 3.63) is 45.4 Å². The predicted octanol–water partition coefficient (Wildman–Crippen LogP) is 3.45. The van der Waals surface area contributed by atoms with E-state index in [4.69, 9.17) is 10.00 Å². The number of aromatic nitrogens is 1. The molecule has 3 nitrogen and oxygen atoms in total. The average Bonchev–Trinajstić information content (AvgIpc) is 2.76. The van der Waals surface area contributed by atoms with Crippen molar-refractivity contribution < 1.29 is 4.74 Å². The van der Waals surface area contributed by atoms with E-state index in [1.165, 1.54) is 11.1 Å². The number of nitriles is 1. The van der Waals surface area contributed by atoms with Gasteiger partial charge in [-0.15, -0.1) is 11.3 Å². The third-order valence-corrected chi connectivity index (χ3v) is 3.60. The summed E-state index contributed by atoms with van der Waals surface area (Å²) in [4.78, 5) is 4.38. The maximum Gasteiger partial charge on any atom is 0.119 e. The Morgan fingerprint density at radius 2 is 2.00 bits per heavy atom. The van der Waals surface area contributed by atoms with Gasteiger partial charge in [-0.3, -0.25) is 0 Å². The summed E-state index contributed by atoms with van der Waals surface area (Å²) in [5, 5.41) is 11.6. The summed E-state index contributed by atoms with van der Waals surface area (Å²) >= 11 is 1.59. The van der Waals surface area contributed by atoms with Crippen LogP contribution in [0.2, 0.25) is 0 Å². The molecule has 0 saturated heterocycles. The van der Waals surface area contributed by atoms with E-state index in [9.17, 15) is 0 Å². The molecule has 1 heterocycles. The fraction of sp³-hybridized carbons (Fsp3) is 0.333. The van der Waals surface area contributed by atoms with E-state index < -0.39 is 0 Å². The molecule has 0 N–H and O–H groups in total. The average molecular weight is 272 g/mol. The van der Waals surface area contributed by atoms with Crippen LogP contribution < -0.4 is 4.74 Å². The highest BCUT2D eigenvalue weighted by molar-refractivity contribution is 7.09. The fourth-order valence-corrected chi connectivity index (χ4v) is 2.68. The molecule has 0 aliphatic rings. The molecule has 1 aromatic carbocycles. The second-order valence-electron chi connectivity index (χ2n) is 4.49. The van der Waals surface area contributed by atoms with Crippen LogP contribution in [0.5, 0.6) is 5.75 Å². The number of benzene rings is 1. The number of hydrogen-bond acceptors (Lipinski definition) is 4. The molecule has 2 aromatic rings. The lowest BCUT2D eigenvalue weighted by Crippen LogP contribution is -2.01. The van der Waals surface area contributed by atoms with E-state index in [-0.39, 0.29) is 0 Å². The highest BCUT2D eigenvalue weighted by atomic mass is 32.1. The van der Waals surface area contributed by atoms with Crippen LogP contribution in [0.15, 0.2) is 23.6 Å². The van der Waals surface area contributed by atoms with Crippen molar-refractivity contribution in [3.8, 4) is 11.8 Å². The van der Waals surface area contributed by atoms with Crippen molar-refractivity contribution in [2.45, 2.75) is 26.7 Å². The summed E-state index contributed by atoms with van der Waals surface area (Å²) in [5.74, 6) is 0.909. The molecule has 19 heavy (non-hydrogen) atoms. The molecular formula is C15H16N2OS. The van der Waals surface area contributed by atoms with Crippen molar-refractivity contribution in [2.24, 2.45) is 0 Å². The minimum atomic E-state index is 0.383. The van der Waals surface area contributed by atoms with Gasteiger partial charge in [-0.25, -0.2) is 4.98 Å². The van der Waals surface area contributed by atoms with Gasteiger partial charge in [0.2, 0.25) is 0 Å². The Kier molecular flexibility index (Phi) is 4.53. The van der Waals surface area contributed by atoms with Gasteiger partial charge in [-0.05, 0) is 37.1 Å². The first-order valence-corrected chi connectivity index (χ1v) is 7.06. The van der Waals surface area contributed by atoms with E-state index >= 15 is 0 Å². The highest BCUT2D eigenvalue weighted by Gasteiger charge is 2.03. The number of thiazole rings is 1. The molecule has 0 aliphatic heterocycles. The Bertz CT molecular complexity index is 578. The largest absolute Gasteiger partial charge is 0.493 e. The maximum absolute atomic E-state index is 8.60. The summed E-state index contributed by atoms with van der Waals surface area (Å²) in [6, 6.07) is 8.31. The first kappa shape index (κ1) is 13.6. The summed E-state index contributed by atoms with van der Waals surface area (Å²) in [5.41, 5.74) is 3.27. The topological polar surface area (TPSA) is 45.9 Å². The van der Waals surface area contributed by atoms with Gasteiger partial charge in [0.05, 0.1) is 29.8 Å². The van der Waals surface area contributed by atoms with Gasteiger partial charge in [0.25, 0.3) is 0 Å². The Labute approximate surface area is 117 Å². The zero-order valence-electron chi connectivity index (χ0n) is 11.1. The smallest absolute Gasteiger partial charge is 0.119 e. The first-order valence-electron chi connectivity index (χ1n) is 6.18. The van der Waals surface area contributed by atoms with Crippen LogP contribution in [-0.2, 0) is 12.8 Å². The molecule has 0 unspecified atom stereocenters. The molecule has 4 heteroatoms. The van der Waals surface area contributed by atoms with Crippen LogP contribution in [0, 0.1) is 25.2 Å². The van der Waals surface area contributed by atoms with E-state index in [2.05, 4.69) is 31.0 Å². The molecule has 2 rings (SSSR count). The lowest BCUT2D eigenvalue weighted by atomic mass is 10.1. The zero-order chi connectivity index (χ0) is 13.7. The Hall–Kier alpha value is -1.86. The Balaban J connectivity index is 1.87. The molecule has 0 aliphatic carbocycles. The van der Waals surface area contributed by atoms with Gasteiger partial charge in [0, 0.05) is 11.8 Å². The summed E-state index contributed by atoms with van der Waals surface area (Å²) in [7, 11) is 0. The van der Waals surface area contributed by atoms with E-state index in [1.807, 2.05) is 17.5 Å². The van der Waals surface area contributed by atoms with E-state index in [0.29, 0.717) is 13.0 Å². The first-order chi connectivity index (χ1) is 9.17. The number of aryl methyl sites for hydroxylation is 2. The molecule has 0 bridgehead atoms. The van der Waals surface area contributed by atoms with Gasteiger partial charge in [0.15, 0.2) is 0 Å². The third kappa shape index (κ3) is 4.08. The molecule has 0 atom stereocenters. The molecule has 0 fully saturated rings. The lowest BCUT2D eigenvalue weighted by Gasteiger charge is -2.07. The summed E-state index contributed by atoms with van der Waals surface area (Å²) < 4.78 is 5.74. The predicted molar refractivity (Wildman–Crippen MR) is 76.5 cm³/mol. The van der Waals surface area contributed by atoms with Crippen LogP contribution in [0.3, 0.4) is 0 Å². The Morgan fingerprint density at radius 3 is 2.68 bits per heavy atom. The number of ether oxygens (including phenoxy) is 1. The molecule has 1 aromatic heterocycles. The second-order valence-corrected chi connectivity index (χ2v) is 5.43. The van der Waals surface area contributed by atoms with Crippen LogP contribution in [0.25, 0.3) is 0 Å². The molecular weight excluding hydrogens is 256 g/mol. The van der Waals surface area contributed by atoms with Gasteiger partial charge in [-0.1, -0.05) is 6.07 Å². The third-order valence-electron chi connectivity index (χ3n) is 2.64. The Morgan fingerprint density at radius 1 is 1.26 bits per heavy atom. The van der Waals surface area contributed by atoms with Crippen LogP contribution >= 0.6 is 11.3 Å². The SMILES string of the molecule is Cc1cc(C)cc(OCCc2nc(CC#N)cs2)c1. The van der Waals surface area contributed by atoms with E-state index in [0.717, 1.165) is 22.9 Å². The highest BCUT2D eigenvalue weighted by Crippen LogP contribution is 2.17. The van der Waals surface area contributed by atoms with Crippen molar-refractivity contribution in [3.63, 3.8) is 0 Å². The van der Waals surface area contributed by atoms with Gasteiger partial charge >= 0.3 is 0 Å². The summed E-state index contributed by atoms with van der Waals surface area (Å²) in [6.07, 6.45) is 1.16. The van der Waals surface area contributed by atoms with Crippen LogP contribution in [0.4, 0.5) is 0 Å². The lowest BCUT2D eigenvalue weighted by molar-refractivity contribution is 0.321. The van der Waals surface area contributed by atoms with Gasteiger partial charge in [0.1, 0.15) is 5.75 Å². The van der Waals surface area contributed by atoms with Crippen LogP contribution in [-0.4, -0.2) is 11.6 Å². The van der Waals surface area contributed by atoms with Crippen LogP contribution in [0.1, 0.15) is 21.8 Å². The molecule has 0 radical (unpaired) electrons. The monoisotopic (exact) mass is 272 g/mol. The maximum atomic E-state index is 8.60. The quantitative estimate of drug-likeness (QED) is 0.837. The van der Waals surface area contributed by atoms with Gasteiger partial charge in [-0.2, -0.15) is 5.26 Å². The zero-order valence-corrected chi connectivity index (χ0v) is 12.0. The minimum Gasteiger partial charge on any atom is -0.493 e. The standard InChI is InChI=1S/C15H16N2OS/c1-11-7-12(2)9-14(8-11)18-6-4-15-17-13(3-5-16)10-19-15/h7-10H,3-4,6H2,1-2H3. The number of rotatable bonds is 5. The molecule has 0 saturated carbocycles. The molecule has 0 amide bonds. The number of nitrogens with zero attached hydrogens (tertiary/aromatic N) is 2. The normalized spacial score (nSPS) is 10.2. The van der Waals surface area contributed by atoms with Crippen molar-refractivity contribution in [1.29, 1.82) is 5.26 Å². The summed E-state index contributed by atoms with van der Waals surface area (Å²) in [6.45, 7) is 4.74. The minimum absolute atomic E-state index is 0.383. The van der Waals surface area contributed by atoms with Crippen molar-refractivity contribution >= 4 is 11.3 Å². The van der Waals surface area contributed by atoms with Gasteiger partial charge < -0.3 is 4.74 Å². The van der Waals surface area contributed by atoms with E-state index in [1.54, 1.807) is 11.3 Å². The van der Waals surface area contributed by atoms with Crippen molar-refractivity contribution in [2.75, 3.05) is 6.61 Å². The fourth-order valence-electron chi connectivity index (χ4n) is 1.90. The van der Waals surface area contributed by atoms with Crippen molar-refractivity contribution in [1.82, 2.24) is 4.98 Å². The number of hydrogen-bond donors (Lipinski definition) is 0. The second kappa shape index (κ2) is 6.35.